The third kappa shape index (κ3) is 5.87. The van der Waals surface area contributed by atoms with E-state index in [0.717, 1.165) is 24.8 Å². The van der Waals surface area contributed by atoms with E-state index in [0.29, 0.717) is 6.42 Å². The zero-order valence-electron chi connectivity index (χ0n) is 15.7. The van der Waals surface area contributed by atoms with Crippen LogP contribution in [0, 0.1) is 23.0 Å². The van der Waals surface area contributed by atoms with Crippen LogP contribution >= 0.6 is 0 Å². The Labute approximate surface area is 166 Å². The molecule has 0 bridgehead atoms. The first-order valence-corrected chi connectivity index (χ1v) is 8.86. The molecule has 0 aliphatic heterocycles. The van der Waals surface area contributed by atoms with Gasteiger partial charge in [0.15, 0.2) is 0 Å². The highest BCUT2D eigenvalue weighted by Crippen LogP contribution is 2.20. The van der Waals surface area contributed by atoms with Crippen molar-refractivity contribution in [2.45, 2.75) is 19.8 Å². The molecule has 2 aromatic carbocycles. The molecular formula is C21H19F2N3O3. The fourth-order valence-electron chi connectivity index (χ4n) is 2.28. The van der Waals surface area contributed by atoms with Crippen LogP contribution in [-0.2, 0) is 9.53 Å². The van der Waals surface area contributed by atoms with Gasteiger partial charge in [0.1, 0.15) is 29.0 Å². The summed E-state index contributed by atoms with van der Waals surface area (Å²) in [6.45, 7) is 2.21. The van der Waals surface area contributed by atoms with Crippen molar-refractivity contribution in [3.63, 3.8) is 0 Å². The molecule has 6 nitrogen and oxygen atoms in total. The monoisotopic (exact) mass is 399 g/mol. The third-order valence-corrected chi connectivity index (χ3v) is 3.81. The van der Waals surface area contributed by atoms with Crippen LogP contribution < -0.4 is 10.6 Å². The highest BCUT2D eigenvalue weighted by atomic mass is 19.1. The Kier molecular flexibility index (Phi) is 7.86. The Balaban J connectivity index is 2.16. The van der Waals surface area contributed by atoms with E-state index in [9.17, 15) is 23.6 Å². The summed E-state index contributed by atoms with van der Waals surface area (Å²) in [5.41, 5.74) is -0.658. The van der Waals surface area contributed by atoms with Gasteiger partial charge in [-0.1, -0.05) is 31.5 Å². The van der Waals surface area contributed by atoms with E-state index < -0.39 is 34.8 Å². The molecule has 29 heavy (non-hydrogen) atoms. The molecular weight excluding hydrogens is 380 g/mol. The lowest BCUT2D eigenvalue weighted by atomic mass is 10.1. The second-order valence-electron chi connectivity index (χ2n) is 5.90. The van der Waals surface area contributed by atoms with E-state index in [4.69, 9.17) is 4.74 Å². The first kappa shape index (κ1) is 21.6. The average Bonchev–Trinajstić information content (AvgIpc) is 2.70. The SMILES string of the molecule is CCCCOC(=O)c1ccccc1NC(=O)/C(C#N)=C\Nc1c(F)cccc1F. The molecule has 2 rings (SSSR count). The Morgan fingerprint density at radius 2 is 1.83 bits per heavy atom. The normalized spacial score (nSPS) is 10.8. The first-order chi connectivity index (χ1) is 14.0. The fourth-order valence-corrected chi connectivity index (χ4v) is 2.28. The quantitative estimate of drug-likeness (QED) is 0.298. The standard InChI is InChI=1S/C21H19F2N3O3/c1-2-3-11-29-21(28)15-7-4-5-10-18(15)26-20(27)14(12-24)13-25-19-16(22)8-6-9-17(19)23/h4-10,13,25H,2-3,11H2,1H3,(H,26,27)/b14-13-. The highest BCUT2D eigenvalue weighted by molar-refractivity contribution is 6.09. The fraction of sp³-hybridized carbons (Fsp3) is 0.190. The van der Waals surface area contributed by atoms with E-state index >= 15 is 0 Å². The molecule has 0 atom stereocenters. The van der Waals surface area contributed by atoms with Crippen molar-refractivity contribution in [3.8, 4) is 6.07 Å². The Hall–Kier alpha value is -3.73. The smallest absolute Gasteiger partial charge is 0.340 e. The number of para-hydroxylation sites is 2. The highest BCUT2D eigenvalue weighted by Gasteiger charge is 2.17. The van der Waals surface area contributed by atoms with Gasteiger partial charge in [-0.25, -0.2) is 13.6 Å². The number of benzene rings is 2. The Morgan fingerprint density at radius 1 is 1.14 bits per heavy atom. The van der Waals surface area contributed by atoms with Gasteiger partial charge >= 0.3 is 5.97 Å². The van der Waals surface area contributed by atoms with Crippen molar-refractivity contribution in [2.75, 3.05) is 17.2 Å². The number of hydrogen-bond acceptors (Lipinski definition) is 5. The molecule has 2 N–H and O–H groups in total. The second kappa shape index (κ2) is 10.6. The summed E-state index contributed by atoms with van der Waals surface area (Å²) in [5, 5.41) is 13.9. The van der Waals surface area contributed by atoms with Gasteiger partial charge in [0.2, 0.25) is 0 Å². The summed E-state index contributed by atoms with van der Waals surface area (Å²) < 4.78 is 32.5. The molecule has 0 radical (unpaired) electrons. The zero-order chi connectivity index (χ0) is 21.2. The van der Waals surface area contributed by atoms with Crippen LogP contribution in [0.4, 0.5) is 20.2 Å². The summed E-state index contributed by atoms with van der Waals surface area (Å²) >= 11 is 0. The summed E-state index contributed by atoms with van der Waals surface area (Å²) in [6, 6.07) is 11.1. The van der Waals surface area contributed by atoms with Crippen LogP contribution in [0.25, 0.3) is 0 Å². The predicted octanol–water partition coefficient (Wildman–Crippen LogP) is 4.38. The van der Waals surface area contributed by atoms with E-state index in [1.807, 2.05) is 6.92 Å². The van der Waals surface area contributed by atoms with Crippen molar-refractivity contribution in [1.82, 2.24) is 0 Å². The largest absolute Gasteiger partial charge is 0.462 e. The number of rotatable bonds is 8. The van der Waals surface area contributed by atoms with E-state index in [1.165, 1.54) is 18.2 Å². The molecule has 2 aromatic rings. The molecule has 0 aliphatic rings. The van der Waals surface area contributed by atoms with E-state index in [-0.39, 0.29) is 17.9 Å². The van der Waals surface area contributed by atoms with Gasteiger partial charge in [0, 0.05) is 6.20 Å². The predicted molar refractivity (Wildman–Crippen MR) is 104 cm³/mol. The van der Waals surface area contributed by atoms with Crippen molar-refractivity contribution in [3.05, 3.63) is 71.4 Å². The minimum absolute atomic E-state index is 0.127. The molecule has 0 spiro atoms. The minimum Gasteiger partial charge on any atom is -0.462 e. The van der Waals surface area contributed by atoms with Crippen molar-refractivity contribution >= 4 is 23.3 Å². The van der Waals surface area contributed by atoms with E-state index in [1.54, 1.807) is 18.2 Å². The third-order valence-electron chi connectivity index (χ3n) is 3.81. The van der Waals surface area contributed by atoms with Gasteiger partial charge in [0.05, 0.1) is 17.9 Å². The molecule has 0 unspecified atom stereocenters. The van der Waals surface area contributed by atoms with Gasteiger partial charge in [-0.15, -0.1) is 0 Å². The number of halogens is 2. The summed E-state index contributed by atoms with van der Waals surface area (Å²) in [6.07, 6.45) is 2.45. The van der Waals surface area contributed by atoms with Crippen molar-refractivity contribution in [1.29, 1.82) is 5.26 Å². The number of carbonyl (C=O) groups is 2. The summed E-state index contributed by atoms with van der Waals surface area (Å²) in [4.78, 5) is 24.6. The number of hydrogen-bond donors (Lipinski definition) is 2. The van der Waals surface area contributed by atoms with Gasteiger partial charge in [-0.3, -0.25) is 4.79 Å². The van der Waals surface area contributed by atoms with Crippen LogP contribution in [0.5, 0.6) is 0 Å². The minimum atomic E-state index is -0.876. The maximum absolute atomic E-state index is 13.7. The van der Waals surface area contributed by atoms with E-state index in [2.05, 4.69) is 10.6 Å². The van der Waals surface area contributed by atoms with Crippen LogP contribution in [0.15, 0.2) is 54.2 Å². The van der Waals surface area contributed by atoms with Crippen molar-refractivity contribution in [2.24, 2.45) is 0 Å². The molecule has 0 heterocycles. The molecule has 0 aliphatic carbocycles. The Bertz CT molecular complexity index is 948. The number of ether oxygens (including phenoxy) is 1. The zero-order valence-corrected chi connectivity index (χ0v) is 15.7. The second-order valence-corrected chi connectivity index (χ2v) is 5.90. The lowest BCUT2D eigenvalue weighted by Crippen LogP contribution is -2.18. The number of amides is 1. The lowest BCUT2D eigenvalue weighted by Gasteiger charge is -2.11. The maximum Gasteiger partial charge on any atom is 0.340 e. The number of nitrogens with one attached hydrogen (secondary N) is 2. The molecule has 0 saturated carbocycles. The van der Waals surface area contributed by atoms with Gasteiger partial charge in [0.25, 0.3) is 5.91 Å². The van der Waals surface area contributed by atoms with Crippen LogP contribution in [0.2, 0.25) is 0 Å². The number of nitrogens with zero attached hydrogens (tertiary/aromatic N) is 1. The van der Waals surface area contributed by atoms with Gasteiger partial charge in [-0.2, -0.15) is 5.26 Å². The lowest BCUT2D eigenvalue weighted by molar-refractivity contribution is -0.112. The molecule has 0 saturated heterocycles. The number of carbonyl (C=O) groups excluding carboxylic acids is 2. The Morgan fingerprint density at radius 3 is 2.48 bits per heavy atom. The van der Waals surface area contributed by atoms with Crippen molar-refractivity contribution < 1.29 is 23.1 Å². The van der Waals surface area contributed by atoms with Crippen LogP contribution in [0.1, 0.15) is 30.1 Å². The number of esters is 1. The molecule has 0 fully saturated rings. The topological polar surface area (TPSA) is 91.2 Å². The summed E-state index contributed by atoms with van der Waals surface area (Å²) in [7, 11) is 0. The average molecular weight is 399 g/mol. The summed E-state index contributed by atoms with van der Waals surface area (Å²) in [5.74, 6) is -3.22. The van der Waals surface area contributed by atoms with Gasteiger partial charge in [-0.05, 0) is 30.7 Å². The first-order valence-electron chi connectivity index (χ1n) is 8.86. The number of anilines is 2. The number of nitriles is 1. The molecule has 0 aromatic heterocycles. The van der Waals surface area contributed by atoms with Gasteiger partial charge < -0.3 is 15.4 Å². The molecule has 1 amide bonds. The molecule has 8 heteroatoms. The van der Waals surface area contributed by atoms with Crippen LogP contribution in [0.3, 0.4) is 0 Å². The molecule has 150 valence electrons. The number of unbranched alkanes of at least 4 members (excludes halogenated alkanes) is 1. The van der Waals surface area contributed by atoms with Crippen LogP contribution in [-0.4, -0.2) is 18.5 Å². The maximum atomic E-state index is 13.7.